The minimum Gasteiger partial charge on any atom is -0.519 e. The molecule has 0 spiro atoms. The molecule has 0 aromatic carbocycles. The first-order chi connectivity index (χ1) is 8.14. The minimum absolute atomic E-state index is 0.0638. The number of carbonyl (C=O) groups excluding carboxylic acids is 1. The fraction of sp³-hybridized carbons (Fsp3) is 0.929. The summed E-state index contributed by atoms with van der Waals surface area (Å²) in [5.74, 6) is 0.0638. The van der Waals surface area contributed by atoms with Crippen LogP contribution in [0.1, 0.15) is 66.2 Å². The van der Waals surface area contributed by atoms with Gasteiger partial charge in [-0.15, -0.1) is 0 Å². The van der Waals surface area contributed by atoms with E-state index in [-0.39, 0.29) is 5.97 Å². The van der Waals surface area contributed by atoms with Crippen LogP contribution in [0.3, 0.4) is 0 Å². The summed E-state index contributed by atoms with van der Waals surface area (Å²) >= 11 is 0. The Balaban J connectivity index is 4.46. The summed E-state index contributed by atoms with van der Waals surface area (Å²) in [5.41, 5.74) is 0. The van der Waals surface area contributed by atoms with Crippen LogP contribution < -0.4 is 0 Å². The van der Waals surface area contributed by atoms with Crippen LogP contribution in [-0.2, 0) is 9.22 Å². The lowest BCUT2D eigenvalue weighted by Gasteiger charge is -2.30. The number of carbonyl (C=O) groups is 1. The molecule has 0 bridgehead atoms. The van der Waals surface area contributed by atoms with E-state index in [0.717, 1.165) is 50.2 Å². The second-order valence-corrected chi connectivity index (χ2v) is 9.08. The zero-order valence-electron chi connectivity index (χ0n) is 12.2. The highest BCUT2D eigenvalue weighted by Crippen LogP contribution is 2.28. The Kier molecular flexibility index (Phi) is 9.51. The Morgan fingerprint density at radius 1 is 0.882 bits per heavy atom. The van der Waals surface area contributed by atoms with Crippen LogP contribution in [0, 0.1) is 0 Å². The fourth-order valence-electron chi connectivity index (χ4n) is 2.51. The fourth-order valence-corrected chi connectivity index (χ4v) is 6.88. The van der Waals surface area contributed by atoms with Crippen LogP contribution in [0.2, 0.25) is 18.1 Å². The summed E-state index contributed by atoms with van der Waals surface area (Å²) in [4.78, 5) is 11.9. The van der Waals surface area contributed by atoms with Gasteiger partial charge in [0.25, 0.3) is 14.3 Å². The average molecular weight is 258 g/mol. The lowest BCUT2D eigenvalue weighted by Crippen LogP contribution is -2.40. The molecule has 0 heterocycles. The predicted molar refractivity (Wildman–Crippen MR) is 76.7 cm³/mol. The van der Waals surface area contributed by atoms with Crippen molar-refractivity contribution in [2.75, 3.05) is 0 Å². The maximum atomic E-state index is 11.9. The van der Waals surface area contributed by atoms with Gasteiger partial charge in [-0.3, -0.25) is 4.79 Å². The molecule has 2 nitrogen and oxygen atoms in total. The van der Waals surface area contributed by atoms with E-state index in [4.69, 9.17) is 4.43 Å². The van der Waals surface area contributed by atoms with Crippen molar-refractivity contribution in [3.8, 4) is 0 Å². The molecule has 0 saturated heterocycles. The number of rotatable bonds is 10. The summed E-state index contributed by atoms with van der Waals surface area (Å²) in [7, 11) is -1.76. The molecule has 0 N–H and O–H groups in total. The monoisotopic (exact) mass is 258 g/mol. The maximum absolute atomic E-state index is 11.9. The molecular formula is C14H30O2Si. The molecule has 0 rings (SSSR count). The second kappa shape index (κ2) is 9.69. The molecule has 0 aliphatic heterocycles. The summed E-state index contributed by atoms with van der Waals surface area (Å²) < 4.78 is 5.96. The van der Waals surface area contributed by atoms with E-state index in [0.29, 0.717) is 6.42 Å². The van der Waals surface area contributed by atoms with Crippen LogP contribution in [0.15, 0.2) is 0 Å². The van der Waals surface area contributed by atoms with Crippen LogP contribution in [-0.4, -0.2) is 14.3 Å². The van der Waals surface area contributed by atoms with Crippen molar-refractivity contribution in [2.24, 2.45) is 0 Å². The largest absolute Gasteiger partial charge is 0.519 e. The van der Waals surface area contributed by atoms with Gasteiger partial charge >= 0.3 is 0 Å². The Bertz CT molecular complexity index is 187. The van der Waals surface area contributed by atoms with Gasteiger partial charge < -0.3 is 4.43 Å². The Morgan fingerprint density at radius 2 is 1.35 bits per heavy atom. The second-order valence-electron chi connectivity index (χ2n) is 5.01. The van der Waals surface area contributed by atoms with Crippen molar-refractivity contribution in [1.82, 2.24) is 0 Å². The summed E-state index contributed by atoms with van der Waals surface area (Å²) in [6, 6.07) is 3.44. The summed E-state index contributed by atoms with van der Waals surface area (Å²) in [5, 5.41) is 0. The SMILES string of the molecule is CCCCC(=O)O[Si](CCC)(CCC)CCC. The highest BCUT2D eigenvalue weighted by Gasteiger charge is 2.35. The molecule has 0 aromatic rings. The molecule has 0 atom stereocenters. The first kappa shape index (κ1) is 16.7. The average Bonchev–Trinajstić information content (AvgIpc) is 2.27. The van der Waals surface area contributed by atoms with Crippen LogP contribution in [0.4, 0.5) is 0 Å². The van der Waals surface area contributed by atoms with Crippen molar-refractivity contribution >= 4 is 14.3 Å². The summed E-state index contributed by atoms with van der Waals surface area (Å²) in [6.07, 6.45) is 6.09. The standard InChI is InChI=1S/C14H30O2Si/c1-5-9-10-14(15)16-17(11-6-2,12-7-3)13-8-4/h5-13H2,1-4H3. The molecule has 0 aliphatic rings. The van der Waals surface area contributed by atoms with E-state index in [9.17, 15) is 4.79 Å². The van der Waals surface area contributed by atoms with Gasteiger partial charge in [0, 0.05) is 6.42 Å². The van der Waals surface area contributed by atoms with Gasteiger partial charge in [-0.05, 0) is 24.6 Å². The molecular weight excluding hydrogens is 228 g/mol. The quantitative estimate of drug-likeness (QED) is 0.521. The molecule has 102 valence electrons. The number of unbranched alkanes of at least 4 members (excludes halogenated alkanes) is 1. The van der Waals surface area contributed by atoms with Gasteiger partial charge in [-0.1, -0.05) is 53.4 Å². The molecule has 0 fully saturated rings. The van der Waals surface area contributed by atoms with E-state index in [2.05, 4.69) is 27.7 Å². The van der Waals surface area contributed by atoms with Gasteiger partial charge in [0.2, 0.25) is 0 Å². The third-order valence-electron chi connectivity index (χ3n) is 3.18. The van der Waals surface area contributed by atoms with E-state index in [1.54, 1.807) is 0 Å². The molecule has 0 aromatic heterocycles. The van der Waals surface area contributed by atoms with E-state index in [1.165, 1.54) is 0 Å². The molecule has 0 radical (unpaired) electrons. The van der Waals surface area contributed by atoms with Crippen molar-refractivity contribution in [3.63, 3.8) is 0 Å². The van der Waals surface area contributed by atoms with E-state index < -0.39 is 8.32 Å². The topological polar surface area (TPSA) is 26.3 Å². The van der Waals surface area contributed by atoms with Gasteiger partial charge in [-0.25, -0.2) is 0 Å². The highest BCUT2D eigenvalue weighted by molar-refractivity contribution is 6.75. The van der Waals surface area contributed by atoms with Gasteiger partial charge in [-0.2, -0.15) is 0 Å². The van der Waals surface area contributed by atoms with Gasteiger partial charge in [0.1, 0.15) is 0 Å². The third-order valence-corrected chi connectivity index (χ3v) is 8.08. The van der Waals surface area contributed by atoms with E-state index >= 15 is 0 Å². The predicted octanol–water partition coefficient (Wildman–Crippen LogP) is 4.90. The summed E-state index contributed by atoms with van der Waals surface area (Å²) in [6.45, 7) is 8.72. The maximum Gasteiger partial charge on any atom is 0.292 e. The molecule has 3 heteroatoms. The Labute approximate surface area is 108 Å². The zero-order valence-corrected chi connectivity index (χ0v) is 13.2. The van der Waals surface area contributed by atoms with Crippen molar-refractivity contribution in [2.45, 2.75) is 84.4 Å². The molecule has 0 aliphatic carbocycles. The van der Waals surface area contributed by atoms with Crippen LogP contribution in [0.5, 0.6) is 0 Å². The smallest absolute Gasteiger partial charge is 0.292 e. The van der Waals surface area contributed by atoms with Crippen molar-refractivity contribution in [3.05, 3.63) is 0 Å². The zero-order chi connectivity index (χ0) is 13.1. The highest BCUT2D eigenvalue weighted by atomic mass is 28.4. The van der Waals surface area contributed by atoms with Crippen LogP contribution >= 0.6 is 0 Å². The van der Waals surface area contributed by atoms with E-state index in [1.807, 2.05) is 0 Å². The van der Waals surface area contributed by atoms with Crippen molar-refractivity contribution in [1.29, 1.82) is 0 Å². The lowest BCUT2D eigenvalue weighted by molar-refractivity contribution is -0.135. The molecule has 0 amide bonds. The molecule has 17 heavy (non-hydrogen) atoms. The number of hydrogen-bond acceptors (Lipinski definition) is 2. The van der Waals surface area contributed by atoms with Crippen molar-refractivity contribution < 1.29 is 9.22 Å². The number of hydrogen-bond donors (Lipinski definition) is 0. The first-order valence-electron chi connectivity index (χ1n) is 7.36. The Morgan fingerprint density at radius 3 is 1.71 bits per heavy atom. The molecule has 0 saturated carbocycles. The molecule has 0 unspecified atom stereocenters. The van der Waals surface area contributed by atoms with Gasteiger partial charge in [0.05, 0.1) is 0 Å². The third kappa shape index (κ3) is 6.87. The minimum atomic E-state index is -1.76. The normalized spacial score (nSPS) is 11.5. The first-order valence-corrected chi connectivity index (χ1v) is 9.88. The van der Waals surface area contributed by atoms with Crippen LogP contribution in [0.25, 0.3) is 0 Å². The lowest BCUT2D eigenvalue weighted by atomic mass is 10.3. The van der Waals surface area contributed by atoms with Gasteiger partial charge in [0.15, 0.2) is 0 Å². The Hall–Kier alpha value is -0.313.